The maximum atomic E-state index is 9.26. The number of fused-ring (bicyclic) bond motifs is 1. The van der Waals surface area contributed by atoms with E-state index in [-0.39, 0.29) is 0 Å². The van der Waals surface area contributed by atoms with Crippen molar-refractivity contribution in [3.8, 4) is 0 Å². The number of rotatable bonds is 0. The molecule has 0 aliphatic carbocycles. The van der Waals surface area contributed by atoms with Gasteiger partial charge in [-0.1, -0.05) is 6.07 Å². The molecule has 0 amide bonds. The zero-order valence-electron chi connectivity index (χ0n) is 5.93. The first kappa shape index (κ1) is 7.45. The van der Waals surface area contributed by atoms with Gasteiger partial charge in [0, 0.05) is 11.9 Å². The lowest BCUT2D eigenvalue weighted by atomic mass is 10.3. The SMILES string of the molecule is OC1=NSc2c[c]ccc2N1O. The molecule has 5 heteroatoms. The van der Waals surface area contributed by atoms with Crippen LogP contribution in [0, 0.1) is 6.07 Å². The Morgan fingerprint density at radius 2 is 2.42 bits per heavy atom. The lowest BCUT2D eigenvalue weighted by molar-refractivity contribution is 0.281. The van der Waals surface area contributed by atoms with Crippen molar-refractivity contribution >= 4 is 23.7 Å². The van der Waals surface area contributed by atoms with Gasteiger partial charge in [-0.05, 0) is 18.2 Å². The third-order valence-electron chi connectivity index (χ3n) is 1.45. The number of hydrogen-bond acceptors (Lipinski definition) is 4. The van der Waals surface area contributed by atoms with Gasteiger partial charge < -0.3 is 5.11 Å². The van der Waals surface area contributed by atoms with E-state index >= 15 is 0 Å². The fraction of sp³-hybridized carbons (Fsp3) is 0. The Morgan fingerprint density at radius 1 is 1.58 bits per heavy atom. The molecule has 61 valence electrons. The molecule has 1 radical (unpaired) electrons. The number of hydroxylamine groups is 1. The summed E-state index contributed by atoms with van der Waals surface area (Å²) in [5.74, 6) is 0. The predicted molar refractivity (Wildman–Crippen MR) is 45.5 cm³/mol. The highest BCUT2D eigenvalue weighted by atomic mass is 32.2. The third kappa shape index (κ3) is 1.03. The minimum Gasteiger partial charge on any atom is -0.478 e. The van der Waals surface area contributed by atoms with E-state index in [0.717, 1.165) is 16.8 Å². The summed E-state index contributed by atoms with van der Waals surface area (Å²) in [5.41, 5.74) is 0.520. The second-order valence-electron chi connectivity index (χ2n) is 2.19. The first-order chi connectivity index (χ1) is 5.79. The summed E-state index contributed by atoms with van der Waals surface area (Å²) >= 11 is 1.11. The van der Waals surface area contributed by atoms with Crippen molar-refractivity contribution in [2.24, 2.45) is 4.40 Å². The Morgan fingerprint density at radius 3 is 3.25 bits per heavy atom. The first-order valence-electron chi connectivity index (χ1n) is 3.22. The van der Waals surface area contributed by atoms with Crippen molar-refractivity contribution in [2.75, 3.05) is 5.06 Å². The number of benzene rings is 1. The van der Waals surface area contributed by atoms with Gasteiger partial charge in [-0.15, -0.1) is 0 Å². The number of anilines is 1. The third-order valence-corrected chi connectivity index (χ3v) is 2.23. The largest absolute Gasteiger partial charge is 0.478 e. The van der Waals surface area contributed by atoms with Crippen LogP contribution < -0.4 is 5.06 Å². The zero-order chi connectivity index (χ0) is 8.55. The van der Waals surface area contributed by atoms with Crippen LogP contribution in [0.3, 0.4) is 0 Å². The average Bonchev–Trinajstić information content (AvgIpc) is 2.12. The molecule has 1 aliphatic rings. The summed E-state index contributed by atoms with van der Waals surface area (Å²) in [6.45, 7) is 0. The molecule has 0 bridgehead atoms. The van der Waals surface area contributed by atoms with Gasteiger partial charge in [-0.3, -0.25) is 5.21 Å². The van der Waals surface area contributed by atoms with Crippen LogP contribution in [0.4, 0.5) is 5.69 Å². The second-order valence-corrected chi connectivity index (χ2v) is 2.99. The summed E-state index contributed by atoms with van der Waals surface area (Å²) < 4.78 is 3.60. The van der Waals surface area contributed by atoms with E-state index in [9.17, 15) is 5.21 Å². The Balaban J connectivity index is 2.49. The monoisotopic (exact) mass is 181 g/mol. The molecule has 0 atom stereocenters. The molecule has 0 fully saturated rings. The van der Waals surface area contributed by atoms with E-state index in [4.69, 9.17) is 5.11 Å². The lowest BCUT2D eigenvalue weighted by Gasteiger charge is -2.19. The Bertz CT molecular complexity index is 340. The van der Waals surface area contributed by atoms with Gasteiger partial charge in [0.2, 0.25) is 0 Å². The quantitative estimate of drug-likeness (QED) is 0.597. The van der Waals surface area contributed by atoms with Crippen LogP contribution in [0.1, 0.15) is 0 Å². The maximum absolute atomic E-state index is 9.26. The summed E-state index contributed by atoms with van der Waals surface area (Å²) in [6.07, 6.45) is 0. The number of aliphatic hydroxyl groups is 1. The molecule has 2 N–H and O–H groups in total. The fourth-order valence-electron chi connectivity index (χ4n) is 0.891. The number of aliphatic hydroxyl groups excluding tert-OH is 1. The number of hydrogen-bond donors (Lipinski definition) is 2. The molecule has 1 aromatic rings. The van der Waals surface area contributed by atoms with E-state index < -0.39 is 6.02 Å². The molecule has 12 heavy (non-hydrogen) atoms. The van der Waals surface area contributed by atoms with E-state index in [1.165, 1.54) is 0 Å². The van der Waals surface area contributed by atoms with Crippen molar-refractivity contribution in [3.63, 3.8) is 0 Å². The molecule has 1 aromatic carbocycles. The number of amidine groups is 1. The van der Waals surface area contributed by atoms with Crippen LogP contribution in [-0.4, -0.2) is 16.3 Å². The van der Waals surface area contributed by atoms with E-state index in [1.54, 1.807) is 18.2 Å². The van der Waals surface area contributed by atoms with Gasteiger partial charge in [0.25, 0.3) is 0 Å². The van der Waals surface area contributed by atoms with Gasteiger partial charge >= 0.3 is 6.02 Å². The molecule has 4 nitrogen and oxygen atoms in total. The normalized spacial score (nSPS) is 15.4. The summed E-state index contributed by atoms with van der Waals surface area (Å²) in [5, 5.41) is 18.9. The maximum Gasteiger partial charge on any atom is 0.326 e. The topological polar surface area (TPSA) is 56.1 Å². The smallest absolute Gasteiger partial charge is 0.326 e. The van der Waals surface area contributed by atoms with Gasteiger partial charge in [-0.2, -0.15) is 9.46 Å². The minimum atomic E-state index is -0.404. The van der Waals surface area contributed by atoms with Crippen molar-refractivity contribution in [3.05, 3.63) is 24.3 Å². The molecule has 0 unspecified atom stereocenters. The highest BCUT2D eigenvalue weighted by Gasteiger charge is 2.18. The molecule has 1 heterocycles. The first-order valence-corrected chi connectivity index (χ1v) is 3.99. The van der Waals surface area contributed by atoms with E-state index in [1.807, 2.05) is 0 Å². The van der Waals surface area contributed by atoms with Crippen LogP contribution in [0.5, 0.6) is 0 Å². The summed E-state index contributed by atoms with van der Waals surface area (Å²) in [6, 6.07) is 7.44. The van der Waals surface area contributed by atoms with Crippen LogP contribution >= 0.6 is 11.9 Å². The molecule has 2 rings (SSSR count). The molecular weight excluding hydrogens is 176 g/mol. The molecule has 1 aliphatic heterocycles. The zero-order valence-corrected chi connectivity index (χ0v) is 6.75. The van der Waals surface area contributed by atoms with Crippen LogP contribution in [-0.2, 0) is 0 Å². The van der Waals surface area contributed by atoms with E-state index in [0.29, 0.717) is 10.8 Å². The Kier molecular flexibility index (Phi) is 1.67. The van der Waals surface area contributed by atoms with Gasteiger partial charge in [0.05, 0.1) is 10.6 Å². The molecule has 0 saturated heterocycles. The number of nitrogens with zero attached hydrogens (tertiary/aromatic N) is 2. The lowest BCUT2D eigenvalue weighted by Crippen LogP contribution is -2.28. The Labute approximate surface area is 73.2 Å². The van der Waals surface area contributed by atoms with Gasteiger partial charge in [0.15, 0.2) is 0 Å². The summed E-state index contributed by atoms with van der Waals surface area (Å²) in [7, 11) is 0. The molecule has 0 aromatic heterocycles. The van der Waals surface area contributed by atoms with Crippen molar-refractivity contribution in [1.82, 2.24) is 0 Å². The highest BCUT2D eigenvalue weighted by Crippen LogP contribution is 2.33. The molecule has 0 saturated carbocycles. The van der Waals surface area contributed by atoms with Crippen molar-refractivity contribution < 1.29 is 10.3 Å². The molecule has 0 spiro atoms. The minimum absolute atomic E-state index is 0.404. The second kappa shape index (κ2) is 2.69. The van der Waals surface area contributed by atoms with Gasteiger partial charge in [0.1, 0.15) is 0 Å². The van der Waals surface area contributed by atoms with Gasteiger partial charge in [-0.25, -0.2) is 0 Å². The van der Waals surface area contributed by atoms with E-state index in [2.05, 4.69) is 10.5 Å². The Hall–Kier alpha value is -1.20. The average molecular weight is 181 g/mol. The van der Waals surface area contributed by atoms with Crippen LogP contribution in [0.25, 0.3) is 0 Å². The molecular formula is C7H5N2O2S. The van der Waals surface area contributed by atoms with Crippen molar-refractivity contribution in [1.29, 1.82) is 0 Å². The standard InChI is InChI=1S/C7H5N2O2S/c10-7-8-12-6-4-2-1-3-5(6)9(7)11/h1,3-4,11H,(H,8,10). The van der Waals surface area contributed by atoms with Crippen molar-refractivity contribution in [2.45, 2.75) is 4.90 Å². The fourth-order valence-corrected chi connectivity index (χ4v) is 1.52. The van der Waals surface area contributed by atoms with Crippen LogP contribution in [0.15, 0.2) is 27.5 Å². The predicted octanol–water partition coefficient (Wildman–Crippen LogP) is 1.62. The summed E-state index contributed by atoms with van der Waals surface area (Å²) in [4.78, 5) is 0.762. The van der Waals surface area contributed by atoms with Crippen LogP contribution in [0.2, 0.25) is 0 Å². The highest BCUT2D eigenvalue weighted by molar-refractivity contribution is 7.98.